The van der Waals surface area contributed by atoms with Crippen molar-refractivity contribution in [3.05, 3.63) is 51.2 Å². The lowest BCUT2D eigenvalue weighted by Gasteiger charge is -2.04. The van der Waals surface area contributed by atoms with Crippen LogP contribution in [-0.2, 0) is 14.6 Å². The van der Waals surface area contributed by atoms with E-state index in [2.05, 4.69) is 10.5 Å². The van der Waals surface area contributed by atoms with E-state index in [1.807, 2.05) is 0 Å². The minimum absolute atomic E-state index is 0.00375. The number of rotatable bonds is 5. The van der Waals surface area contributed by atoms with Gasteiger partial charge < -0.3 is 4.42 Å². The Hall–Kier alpha value is -2.72. The fourth-order valence-electron chi connectivity index (χ4n) is 2.68. The zero-order valence-electron chi connectivity index (χ0n) is 13.8. The Labute approximate surface area is 159 Å². The predicted octanol–water partition coefficient (Wildman–Crippen LogP) is 2.39. The van der Waals surface area contributed by atoms with Crippen molar-refractivity contribution in [3.63, 3.8) is 0 Å². The highest BCUT2D eigenvalue weighted by Gasteiger charge is 2.32. The minimum Gasteiger partial charge on any atom is -0.455 e. The second-order valence-electron chi connectivity index (χ2n) is 5.95. The fraction of sp³-hybridized carbons (Fsp3) is 0.250. The van der Waals surface area contributed by atoms with Crippen LogP contribution in [0.4, 0.5) is 5.69 Å². The van der Waals surface area contributed by atoms with Gasteiger partial charge in [-0.15, -0.1) is 0 Å². The van der Waals surface area contributed by atoms with Gasteiger partial charge in [0.05, 0.1) is 34.1 Å². The number of nitro benzene ring substituents is 1. The Morgan fingerprint density at radius 1 is 1.37 bits per heavy atom. The van der Waals surface area contributed by atoms with Gasteiger partial charge in [-0.3, -0.25) is 14.9 Å². The molecule has 9 nitrogen and oxygen atoms in total. The Morgan fingerprint density at radius 2 is 2.15 bits per heavy atom. The van der Waals surface area contributed by atoms with Gasteiger partial charge in [0, 0.05) is 11.1 Å². The number of sulfone groups is 1. The summed E-state index contributed by atoms with van der Waals surface area (Å²) < 4.78 is 28.3. The van der Waals surface area contributed by atoms with E-state index in [4.69, 9.17) is 16.0 Å². The van der Waals surface area contributed by atoms with Crippen LogP contribution >= 0.6 is 11.6 Å². The minimum atomic E-state index is -3.15. The van der Waals surface area contributed by atoms with Gasteiger partial charge in [-0.1, -0.05) is 11.6 Å². The molecule has 1 aliphatic rings. The van der Waals surface area contributed by atoms with Crippen molar-refractivity contribution in [2.45, 2.75) is 6.42 Å². The van der Waals surface area contributed by atoms with E-state index in [0.717, 1.165) is 0 Å². The first-order valence-corrected chi connectivity index (χ1v) is 10.0. The molecule has 2 aromatic rings. The lowest BCUT2D eigenvalue weighted by Crippen LogP contribution is -2.27. The summed E-state index contributed by atoms with van der Waals surface area (Å²) in [6.45, 7) is 0. The van der Waals surface area contributed by atoms with Crippen molar-refractivity contribution in [3.8, 4) is 11.3 Å². The van der Waals surface area contributed by atoms with Crippen LogP contribution in [-0.4, -0.2) is 37.0 Å². The van der Waals surface area contributed by atoms with Gasteiger partial charge in [-0.25, -0.2) is 13.8 Å². The molecule has 27 heavy (non-hydrogen) atoms. The van der Waals surface area contributed by atoms with Crippen LogP contribution in [0.25, 0.3) is 11.3 Å². The fourth-order valence-corrected chi connectivity index (χ4v) is 4.59. The van der Waals surface area contributed by atoms with Crippen molar-refractivity contribution < 1.29 is 22.6 Å². The summed E-state index contributed by atoms with van der Waals surface area (Å²) >= 11 is 5.79. The molecule has 0 unspecified atom stereocenters. The van der Waals surface area contributed by atoms with Gasteiger partial charge in [-0.2, -0.15) is 5.10 Å². The molecule has 1 saturated heterocycles. The van der Waals surface area contributed by atoms with Gasteiger partial charge in [0.1, 0.15) is 11.5 Å². The van der Waals surface area contributed by atoms with Crippen LogP contribution < -0.4 is 5.43 Å². The summed E-state index contributed by atoms with van der Waals surface area (Å²) in [4.78, 5) is 22.5. The number of benzene rings is 1. The van der Waals surface area contributed by atoms with Gasteiger partial charge >= 0.3 is 0 Å². The van der Waals surface area contributed by atoms with Crippen LogP contribution in [0.1, 0.15) is 12.2 Å². The molecule has 0 radical (unpaired) electrons. The summed E-state index contributed by atoms with van der Waals surface area (Å²) in [6, 6.07) is 7.27. The quantitative estimate of drug-likeness (QED) is 0.456. The summed E-state index contributed by atoms with van der Waals surface area (Å²) in [5, 5.41) is 15.1. The number of carbonyl (C=O) groups is 1. The number of amides is 1. The molecular weight excluding hydrogens is 398 g/mol. The highest BCUT2D eigenvalue weighted by molar-refractivity contribution is 7.91. The van der Waals surface area contributed by atoms with Gasteiger partial charge in [0.25, 0.3) is 5.69 Å². The molecule has 1 amide bonds. The molecule has 1 atom stereocenters. The van der Waals surface area contributed by atoms with Crippen LogP contribution in [0.15, 0.2) is 39.9 Å². The molecule has 1 aromatic carbocycles. The number of nitro groups is 1. The third-order valence-corrected chi connectivity index (χ3v) is 6.02. The number of furan rings is 1. The standard InChI is InChI=1S/C16H14ClN3O6S/c17-11-1-3-13(14(7-11)20(22)23)15-4-2-12(26-15)8-18-19-16(21)10-5-6-27(24,25)9-10/h1-4,7-8,10H,5-6,9H2,(H,19,21)/b18-8-/t10-/m1/s1. The molecule has 1 N–H and O–H groups in total. The van der Waals surface area contributed by atoms with E-state index in [9.17, 15) is 23.3 Å². The average Bonchev–Trinajstić information content (AvgIpc) is 3.21. The molecular formula is C16H14ClN3O6S. The largest absolute Gasteiger partial charge is 0.455 e. The smallest absolute Gasteiger partial charge is 0.281 e. The Balaban J connectivity index is 1.69. The number of nitrogens with one attached hydrogen (secondary N) is 1. The van der Waals surface area contributed by atoms with Gasteiger partial charge in [0.15, 0.2) is 9.84 Å². The Bertz CT molecular complexity index is 1030. The van der Waals surface area contributed by atoms with Crippen LogP contribution in [0.2, 0.25) is 5.02 Å². The van der Waals surface area contributed by atoms with Crippen molar-refractivity contribution in [1.29, 1.82) is 0 Å². The van der Waals surface area contributed by atoms with E-state index in [1.165, 1.54) is 36.5 Å². The summed E-state index contributed by atoms with van der Waals surface area (Å²) in [5.41, 5.74) is 2.33. The maximum absolute atomic E-state index is 11.9. The molecule has 0 aliphatic carbocycles. The molecule has 2 heterocycles. The summed E-state index contributed by atoms with van der Waals surface area (Å²) in [5.74, 6) is -0.777. The van der Waals surface area contributed by atoms with E-state index >= 15 is 0 Å². The zero-order valence-corrected chi connectivity index (χ0v) is 15.4. The van der Waals surface area contributed by atoms with Crippen LogP contribution in [0.5, 0.6) is 0 Å². The number of hydrogen-bond donors (Lipinski definition) is 1. The number of hydrazone groups is 1. The SMILES string of the molecule is O=C(N/N=C\c1ccc(-c2ccc(Cl)cc2[N+](=O)[O-])o1)[C@@H]1CCS(=O)(=O)C1. The number of halogens is 1. The molecule has 3 rings (SSSR count). The normalized spacial score (nSPS) is 18.6. The van der Waals surface area contributed by atoms with E-state index in [1.54, 1.807) is 0 Å². The highest BCUT2D eigenvalue weighted by Crippen LogP contribution is 2.33. The monoisotopic (exact) mass is 411 g/mol. The molecule has 0 saturated carbocycles. The maximum atomic E-state index is 11.9. The number of hydrogen-bond acceptors (Lipinski definition) is 7. The number of nitrogens with zero attached hydrogens (tertiary/aromatic N) is 2. The molecule has 1 aromatic heterocycles. The molecule has 1 fully saturated rings. The molecule has 142 valence electrons. The third kappa shape index (κ3) is 4.52. The second-order valence-corrected chi connectivity index (χ2v) is 8.62. The lowest BCUT2D eigenvalue weighted by atomic mass is 10.1. The molecule has 1 aliphatic heterocycles. The molecule has 11 heteroatoms. The maximum Gasteiger partial charge on any atom is 0.281 e. The van der Waals surface area contributed by atoms with Crippen LogP contribution in [0.3, 0.4) is 0 Å². The van der Waals surface area contributed by atoms with Crippen molar-refractivity contribution in [1.82, 2.24) is 5.43 Å². The summed E-state index contributed by atoms with van der Waals surface area (Å²) in [6.07, 6.45) is 1.50. The first-order chi connectivity index (χ1) is 12.7. The Morgan fingerprint density at radius 3 is 2.81 bits per heavy atom. The van der Waals surface area contributed by atoms with Gasteiger partial charge in [0.2, 0.25) is 5.91 Å². The van der Waals surface area contributed by atoms with Crippen molar-refractivity contribution in [2.24, 2.45) is 11.0 Å². The molecule has 0 spiro atoms. The number of carbonyl (C=O) groups excluding carboxylic acids is 1. The van der Waals surface area contributed by atoms with Crippen molar-refractivity contribution >= 4 is 39.2 Å². The van der Waals surface area contributed by atoms with E-state index in [0.29, 0.717) is 0 Å². The summed E-state index contributed by atoms with van der Waals surface area (Å²) in [7, 11) is -3.15. The van der Waals surface area contributed by atoms with Crippen molar-refractivity contribution in [2.75, 3.05) is 11.5 Å². The van der Waals surface area contributed by atoms with Gasteiger partial charge in [-0.05, 0) is 30.7 Å². The molecule has 0 bridgehead atoms. The topological polar surface area (TPSA) is 132 Å². The highest BCUT2D eigenvalue weighted by atomic mass is 35.5. The van der Waals surface area contributed by atoms with E-state index < -0.39 is 26.6 Å². The van der Waals surface area contributed by atoms with E-state index in [-0.39, 0.29) is 45.7 Å². The first-order valence-electron chi connectivity index (χ1n) is 7.83. The average molecular weight is 412 g/mol. The second kappa shape index (κ2) is 7.49. The van der Waals surface area contributed by atoms with Crippen LogP contribution in [0, 0.1) is 16.0 Å². The zero-order chi connectivity index (χ0) is 19.6. The third-order valence-electron chi connectivity index (χ3n) is 4.02. The first kappa shape index (κ1) is 19.1. The lowest BCUT2D eigenvalue weighted by molar-refractivity contribution is -0.384. The Kier molecular flexibility index (Phi) is 5.29. The predicted molar refractivity (Wildman–Crippen MR) is 98.3 cm³/mol.